The van der Waals surface area contributed by atoms with Gasteiger partial charge in [-0.1, -0.05) is 29.3 Å². The van der Waals surface area contributed by atoms with Gasteiger partial charge in [0.1, 0.15) is 10.8 Å². The van der Waals surface area contributed by atoms with Crippen molar-refractivity contribution in [2.24, 2.45) is 5.73 Å². The first-order chi connectivity index (χ1) is 8.02. The van der Waals surface area contributed by atoms with Gasteiger partial charge in [-0.05, 0) is 12.1 Å². The third kappa shape index (κ3) is 1.99. The summed E-state index contributed by atoms with van der Waals surface area (Å²) in [5.41, 5.74) is 5.15. The molecule has 0 unspecified atom stereocenters. The zero-order valence-corrected chi connectivity index (χ0v) is 9.84. The Morgan fingerprint density at radius 2 is 2.12 bits per heavy atom. The zero-order chi connectivity index (χ0) is 12.6. The second-order valence-corrected chi connectivity index (χ2v) is 3.96. The lowest BCUT2D eigenvalue weighted by atomic mass is 10.3. The minimum Gasteiger partial charge on any atom is -0.365 e. The van der Waals surface area contributed by atoms with Crippen molar-refractivity contribution in [1.29, 1.82) is 0 Å². The van der Waals surface area contributed by atoms with E-state index in [9.17, 15) is 9.18 Å². The van der Waals surface area contributed by atoms with E-state index in [0.717, 1.165) is 4.68 Å². The molecule has 0 saturated carbocycles. The van der Waals surface area contributed by atoms with Crippen LogP contribution in [0.5, 0.6) is 0 Å². The fraction of sp³-hybridized carbons (Fsp3) is 0. The first-order valence-corrected chi connectivity index (χ1v) is 5.25. The number of nitrogens with two attached hydrogens (primary N) is 1. The van der Waals surface area contributed by atoms with Gasteiger partial charge < -0.3 is 5.73 Å². The van der Waals surface area contributed by atoms with E-state index in [4.69, 9.17) is 28.9 Å². The third-order valence-electron chi connectivity index (χ3n) is 2.14. The van der Waals surface area contributed by atoms with Crippen LogP contribution in [0.25, 0.3) is 5.69 Å². The third-order valence-corrected chi connectivity index (χ3v) is 2.79. The topological polar surface area (TPSA) is 60.9 Å². The van der Waals surface area contributed by atoms with Crippen molar-refractivity contribution in [3.63, 3.8) is 0 Å². The molecule has 88 valence electrons. The lowest BCUT2D eigenvalue weighted by Gasteiger charge is -2.05. The molecule has 1 heterocycles. The zero-order valence-electron chi connectivity index (χ0n) is 8.32. The highest BCUT2D eigenvalue weighted by Crippen LogP contribution is 2.25. The van der Waals surface area contributed by atoms with Gasteiger partial charge in [-0.2, -0.15) is 5.10 Å². The number of rotatable bonds is 2. The summed E-state index contributed by atoms with van der Waals surface area (Å²) in [5, 5.41) is 3.68. The summed E-state index contributed by atoms with van der Waals surface area (Å²) >= 11 is 11.5. The fourth-order valence-electron chi connectivity index (χ4n) is 1.32. The Hall–Kier alpha value is -1.59. The first kappa shape index (κ1) is 11.9. The van der Waals surface area contributed by atoms with Crippen molar-refractivity contribution in [2.45, 2.75) is 0 Å². The van der Waals surface area contributed by atoms with E-state index in [1.165, 1.54) is 18.3 Å². The molecule has 0 aliphatic heterocycles. The molecule has 1 aromatic heterocycles. The van der Waals surface area contributed by atoms with Gasteiger partial charge in [-0.25, -0.2) is 9.07 Å². The molecule has 0 bridgehead atoms. The monoisotopic (exact) mass is 273 g/mol. The summed E-state index contributed by atoms with van der Waals surface area (Å²) in [6.07, 6.45) is 1.17. The van der Waals surface area contributed by atoms with E-state index in [1.807, 2.05) is 0 Å². The van der Waals surface area contributed by atoms with Crippen LogP contribution in [0.2, 0.25) is 10.2 Å². The fourth-order valence-corrected chi connectivity index (χ4v) is 1.77. The summed E-state index contributed by atoms with van der Waals surface area (Å²) in [6, 6.07) is 4.38. The molecule has 2 N–H and O–H groups in total. The van der Waals surface area contributed by atoms with Gasteiger partial charge in [-0.3, -0.25) is 4.79 Å². The van der Waals surface area contributed by atoms with Gasteiger partial charge in [0.05, 0.1) is 16.8 Å². The van der Waals surface area contributed by atoms with Gasteiger partial charge in [0.25, 0.3) is 5.91 Å². The maximum absolute atomic E-state index is 13.7. The van der Waals surface area contributed by atoms with Crippen LogP contribution in [-0.4, -0.2) is 15.7 Å². The molecule has 2 rings (SSSR count). The number of primary amides is 1. The van der Waals surface area contributed by atoms with E-state index < -0.39 is 11.7 Å². The number of halogens is 3. The van der Waals surface area contributed by atoms with Crippen LogP contribution in [-0.2, 0) is 0 Å². The lowest BCUT2D eigenvalue weighted by molar-refractivity contribution is 0.100. The highest BCUT2D eigenvalue weighted by Gasteiger charge is 2.17. The second-order valence-electron chi connectivity index (χ2n) is 3.20. The smallest absolute Gasteiger partial charge is 0.253 e. The predicted molar refractivity (Wildman–Crippen MR) is 62.1 cm³/mol. The molecule has 0 radical (unpaired) electrons. The van der Waals surface area contributed by atoms with Crippen LogP contribution in [0.1, 0.15) is 10.4 Å². The maximum Gasteiger partial charge on any atom is 0.253 e. The minimum absolute atomic E-state index is 0.0195. The first-order valence-electron chi connectivity index (χ1n) is 4.50. The highest BCUT2D eigenvalue weighted by atomic mass is 35.5. The molecule has 0 saturated heterocycles. The molecule has 0 atom stereocenters. The standard InChI is InChI=1S/C10H6Cl2FN3O/c11-6-2-1-3-7(8(6)13)16-9(12)5(4-15-16)10(14)17/h1-4H,(H2,14,17). The van der Waals surface area contributed by atoms with E-state index in [1.54, 1.807) is 6.07 Å². The summed E-state index contributed by atoms with van der Waals surface area (Å²) in [7, 11) is 0. The van der Waals surface area contributed by atoms with Crippen molar-refractivity contribution in [3.05, 3.63) is 46.0 Å². The molecule has 0 spiro atoms. The molecule has 0 aliphatic carbocycles. The minimum atomic E-state index is -0.733. The van der Waals surface area contributed by atoms with Crippen LogP contribution in [0.4, 0.5) is 4.39 Å². The largest absolute Gasteiger partial charge is 0.365 e. The number of carbonyl (C=O) groups is 1. The number of aromatic nitrogens is 2. The molecule has 0 fully saturated rings. The van der Waals surface area contributed by atoms with Gasteiger partial charge in [0, 0.05) is 0 Å². The highest BCUT2D eigenvalue weighted by molar-refractivity contribution is 6.33. The van der Waals surface area contributed by atoms with E-state index >= 15 is 0 Å². The number of benzene rings is 1. The molecule has 1 amide bonds. The normalized spacial score (nSPS) is 10.5. The van der Waals surface area contributed by atoms with Crippen LogP contribution < -0.4 is 5.73 Å². The number of nitrogens with zero attached hydrogens (tertiary/aromatic N) is 2. The predicted octanol–water partition coefficient (Wildman–Crippen LogP) is 2.42. The van der Waals surface area contributed by atoms with Gasteiger partial charge in [0.15, 0.2) is 5.82 Å². The average molecular weight is 274 g/mol. The number of amides is 1. The van der Waals surface area contributed by atoms with Crippen LogP contribution in [0, 0.1) is 5.82 Å². The SMILES string of the molecule is NC(=O)c1cnn(-c2cccc(Cl)c2F)c1Cl. The van der Waals surface area contributed by atoms with Crippen molar-refractivity contribution in [2.75, 3.05) is 0 Å². The van der Waals surface area contributed by atoms with Gasteiger partial charge in [0.2, 0.25) is 0 Å². The average Bonchev–Trinajstić information content (AvgIpc) is 2.64. The maximum atomic E-state index is 13.7. The molecule has 0 aliphatic rings. The van der Waals surface area contributed by atoms with Gasteiger partial charge in [-0.15, -0.1) is 0 Å². The lowest BCUT2D eigenvalue weighted by Crippen LogP contribution is -2.11. The van der Waals surface area contributed by atoms with Crippen molar-refractivity contribution >= 4 is 29.1 Å². The Morgan fingerprint density at radius 3 is 2.71 bits per heavy atom. The Balaban J connectivity index is 2.62. The quantitative estimate of drug-likeness (QED) is 0.914. The molecular formula is C10H6Cl2FN3O. The molecule has 7 heteroatoms. The number of hydrogen-bond acceptors (Lipinski definition) is 2. The van der Waals surface area contributed by atoms with Crippen LogP contribution in [0.3, 0.4) is 0 Å². The van der Waals surface area contributed by atoms with Crippen molar-refractivity contribution in [1.82, 2.24) is 9.78 Å². The molecule has 17 heavy (non-hydrogen) atoms. The van der Waals surface area contributed by atoms with E-state index in [0.29, 0.717) is 0 Å². The van der Waals surface area contributed by atoms with Crippen LogP contribution >= 0.6 is 23.2 Å². The summed E-state index contributed by atoms with van der Waals surface area (Å²) in [4.78, 5) is 11.0. The molecule has 2 aromatic rings. The summed E-state index contributed by atoms with van der Waals surface area (Å²) < 4.78 is 14.8. The Kier molecular flexibility index (Phi) is 3.04. The van der Waals surface area contributed by atoms with E-state index in [2.05, 4.69) is 5.10 Å². The molecular weight excluding hydrogens is 268 g/mol. The van der Waals surface area contributed by atoms with Crippen molar-refractivity contribution in [3.8, 4) is 5.69 Å². The van der Waals surface area contributed by atoms with Crippen molar-refractivity contribution < 1.29 is 9.18 Å². The Bertz CT molecular complexity index is 597. The Morgan fingerprint density at radius 1 is 1.41 bits per heavy atom. The number of hydrogen-bond donors (Lipinski definition) is 1. The summed E-state index contributed by atoms with van der Waals surface area (Å²) in [6.45, 7) is 0. The molecule has 4 nitrogen and oxygen atoms in total. The number of carbonyl (C=O) groups excluding carboxylic acids is 1. The van der Waals surface area contributed by atoms with Crippen LogP contribution in [0.15, 0.2) is 24.4 Å². The Labute approximate surface area is 106 Å². The second kappa shape index (κ2) is 4.35. The van der Waals surface area contributed by atoms with E-state index in [-0.39, 0.29) is 21.4 Å². The van der Waals surface area contributed by atoms with Gasteiger partial charge >= 0.3 is 0 Å². The molecule has 1 aromatic carbocycles. The summed E-state index contributed by atoms with van der Waals surface area (Å²) in [5.74, 6) is -1.40.